The van der Waals surface area contributed by atoms with Crippen LogP contribution in [0.4, 0.5) is 5.69 Å². The Kier molecular flexibility index (Phi) is 7.63. The number of anilines is 1. The molecule has 2 fully saturated rings. The fourth-order valence-corrected chi connectivity index (χ4v) is 7.95. The number of carbonyl (C=O) groups is 3. The van der Waals surface area contributed by atoms with Gasteiger partial charge in [-0.25, -0.2) is 9.78 Å². The average molecular weight is 623 g/mol. The Hall–Kier alpha value is -4.54. The first kappa shape index (κ1) is 29.2. The number of thiophene rings is 1. The van der Waals surface area contributed by atoms with Crippen LogP contribution in [0.2, 0.25) is 0 Å². The van der Waals surface area contributed by atoms with E-state index in [2.05, 4.69) is 21.7 Å². The molecule has 2 aromatic heterocycles. The predicted molar refractivity (Wildman–Crippen MR) is 173 cm³/mol. The van der Waals surface area contributed by atoms with Crippen molar-refractivity contribution >= 4 is 34.8 Å². The Morgan fingerprint density at radius 3 is 2.53 bits per heavy atom. The number of amides is 2. The quantitative estimate of drug-likeness (QED) is 0.216. The summed E-state index contributed by atoms with van der Waals surface area (Å²) in [5.74, 6) is -0.133. The number of nitrogens with one attached hydrogen (secondary N) is 2. The number of benzene rings is 2. The molecule has 2 aromatic carbocycles. The number of hydrogen-bond acceptors (Lipinski definition) is 8. The fraction of sp³-hybridized carbons (Fsp3) is 0.314. The number of aromatic nitrogens is 1. The minimum absolute atomic E-state index is 0.0508. The summed E-state index contributed by atoms with van der Waals surface area (Å²) in [4.78, 5) is 46.2. The monoisotopic (exact) mass is 622 g/mol. The number of nitrogens with two attached hydrogens (primary N) is 1. The number of nitrogens with zero attached hydrogens (tertiary/aromatic N) is 1. The first-order valence-electron chi connectivity index (χ1n) is 15.3. The Morgan fingerprint density at radius 1 is 1.02 bits per heavy atom. The van der Waals surface area contributed by atoms with Gasteiger partial charge in [-0.3, -0.25) is 9.59 Å². The van der Waals surface area contributed by atoms with Gasteiger partial charge in [0, 0.05) is 51.3 Å². The maximum atomic E-state index is 14.0. The molecule has 0 unspecified atom stereocenters. The number of fused-ring (bicyclic) bond motifs is 5. The van der Waals surface area contributed by atoms with Gasteiger partial charge in [0.15, 0.2) is 5.69 Å². The van der Waals surface area contributed by atoms with Crippen molar-refractivity contribution in [3.8, 4) is 27.3 Å². The lowest BCUT2D eigenvalue weighted by molar-refractivity contribution is 0.0594. The van der Waals surface area contributed by atoms with Gasteiger partial charge in [0.05, 0.1) is 13.7 Å². The smallest absolute Gasteiger partial charge is 0.357 e. The van der Waals surface area contributed by atoms with E-state index in [4.69, 9.17) is 15.2 Å². The molecule has 45 heavy (non-hydrogen) atoms. The van der Waals surface area contributed by atoms with Crippen LogP contribution >= 0.6 is 11.3 Å². The minimum Gasteiger partial charge on any atom is -0.493 e. The van der Waals surface area contributed by atoms with Crippen LogP contribution in [0.25, 0.3) is 21.6 Å². The molecule has 2 saturated carbocycles. The lowest BCUT2D eigenvalue weighted by Gasteiger charge is -2.27. The van der Waals surface area contributed by atoms with Gasteiger partial charge in [0.2, 0.25) is 0 Å². The summed E-state index contributed by atoms with van der Waals surface area (Å²) in [7, 11) is 1.27. The number of rotatable bonds is 7. The van der Waals surface area contributed by atoms with Gasteiger partial charge in [0.1, 0.15) is 11.4 Å². The lowest BCUT2D eigenvalue weighted by Crippen LogP contribution is -2.45. The molecule has 3 aliphatic rings. The van der Waals surface area contributed by atoms with Crippen molar-refractivity contribution in [2.45, 2.75) is 50.6 Å². The van der Waals surface area contributed by atoms with Gasteiger partial charge >= 0.3 is 5.97 Å². The molecule has 230 valence electrons. The second-order valence-corrected chi connectivity index (χ2v) is 13.0. The molecular formula is C35H34N4O5S. The van der Waals surface area contributed by atoms with Crippen molar-refractivity contribution in [2.24, 2.45) is 11.7 Å². The highest BCUT2D eigenvalue weighted by Crippen LogP contribution is 2.48. The summed E-state index contributed by atoms with van der Waals surface area (Å²) in [5, 5.41) is 8.24. The molecule has 0 atom stereocenters. The molecule has 4 aromatic rings. The first-order valence-corrected chi connectivity index (χ1v) is 16.1. The standard InChI is InChI=1S/C35H34N4O5S/c1-43-34(42)30-24(6-7-28(38-30)33(41)39-35-12-8-20(18-35)9-13-35)25-17-29-27(31-22(10-14-44-29)11-15-45-31)16-26(25)32(40)37-23-4-2-21(19-36)3-5-23/h2-7,11,15-17,20H,8-10,12-14,18-19,36H2,1H3,(H,37,40)(H,39,41). The van der Waals surface area contributed by atoms with Gasteiger partial charge in [0.25, 0.3) is 11.8 Å². The van der Waals surface area contributed by atoms with Crippen molar-refractivity contribution < 1.29 is 23.9 Å². The number of methoxy groups -OCH3 is 1. The van der Waals surface area contributed by atoms with Crippen molar-refractivity contribution in [3.63, 3.8) is 0 Å². The van der Waals surface area contributed by atoms with E-state index in [0.717, 1.165) is 60.1 Å². The molecule has 10 heteroatoms. The zero-order chi connectivity index (χ0) is 31.1. The second-order valence-electron chi connectivity index (χ2n) is 12.1. The van der Waals surface area contributed by atoms with Gasteiger partial charge in [-0.05, 0) is 97.0 Å². The van der Waals surface area contributed by atoms with Crippen molar-refractivity contribution in [2.75, 3.05) is 19.0 Å². The molecule has 3 heterocycles. The number of esters is 1. The van der Waals surface area contributed by atoms with E-state index in [-0.39, 0.29) is 28.7 Å². The van der Waals surface area contributed by atoms with E-state index in [1.807, 2.05) is 23.6 Å². The summed E-state index contributed by atoms with van der Waals surface area (Å²) in [6.45, 7) is 0.865. The third-order valence-corrected chi connectivity index (χ3v) is 10.3. The molecule has 4 N–H and O–H groups in total. The van der Waals surface area contributed by atoms with E-state index in [9.17, 15) is 14.4 Å². The molecule has 0 spiro atoms. The summed E-state index contributed by atoms with van der Waals surface area (Å²) >= 11 is 1.59. The van der Waals surface area contributed by atoms with Crippen LogP contribution in [-0.4, -0.2) is 42.0 Å². The zero-order valence-electron chi connectivity index (χ0n) is 25.0. The van der Waals surface area contributed by atoms with Crippen LogP contribution in [0.1, 0.15) is 74.6 Å². The highest BCUT2D eigenvalue weighted by atomic mass is 32.1. The number of ether oxygens (including phenoxy) is 2. The predicted octanol–water partition coefficient (Wildman–Crippen LogP) is 5.97. The Labute approximate surface area is 265 Å². The molecule has 2 amide bonds. The third-order valence-electron chi connectivity index (χ3n) is 9.35. The van der Waals surface area contributed by atoms with E-state index in [0.29, 0.717) is 47.2 Å². The van der Waals surface area contributed by atoms with Crippen LogP contribution < -0.4 is 21.1 Å². The van der Waals surface area contributed by atoms with E-state index >= 15 is 0 Å². The normalized spacial score (nSPS) is 19.6. The Bertz CT molecular complexity index is 1810. The highest BCUT2D eigenvalue weighted by molar-refractivity contribution is 7.13. The maximum Gasteiger partial charge on any atom is 0.357 e. The first-order chi connectivity index (χ1) is 21.9. The molecule has 2 bridgehead atoms. The van der Waals surface area contributed by atoms with Crippen LogP contribution in [0.5, 0.6) is 5.75 Å². The molecule has 0 radical (unpaired) electrons. The zero-order valence-corrected chi connectivity index (χ0v) is 25.8. The largest absolute Gasteiger partial charge is 0.493 e. The summed E-state index contributed by atoms with van der Waals surface area (Å²) in [6.07, 6.45) is 5.87. The molecule has 7 rings (SSSR count). The number of pyridine rings is 1. The van der Waals surface area contributed by atoms with Gasteiger partial charge in [-0.2, -0.15) is 0 Å². The number of carbonyl (C=O) groups excluding carboxylic acids is 3. The van der Waals surface area contributed by atoms with Crippen molar-refractivity contribution in [1.29, 1.82) is 0 Å². The van der Waals surface area contributed by atoms with Crippen LogP contribution in [0.3, 0.4) is 0 Å². The number of hydrogen-bond donors (Lipinski definition) is 3. The summed E-state index contributed by atoms with van der Waals surface area (Å²) in [6, 6.07) is 16.3. The Balaban J connectivity index is 1.32. The van der Waals surface area contributed by atoms with Gasteiger partial charge < -0.3 is 25.8 Å². The average Bonchev–Trinajstić information content (AvgIpc) is 3.78. The highest BCUT2D eigenvalue weighted by Gasteiger charge is 2.46. The van der Waals surface area contributed by atoms with Gasteiger partial charge in [-0.15, -0.1) is 11.3 Å². The van der Waals surface area contributed by atoms with Crippen molar-refractivity contribution in [1.82, 2.24) is 10.3 Å². The molecular weight excluding hydrogens is 588 g/mol. The molecule has 2 aliphatic carbocycles. The molecule has 0 saturated heterocycles. The fourth-order valence-electron chi connectivity index (χ4n) is 6.98. The van der Waals surface area contributed by atoms with Crippen LogP contribution in [0.15, 0.2) is 60.0 Å². The minimum atomic E-state index is -0.709. The molecule has 1 aliphatic heterocycles. The summed E-state index contributed by atoms with van der Waals surface area (Å²) in [5.41, 5.74) is 10.3. The van der Waals surface area contributed by atoms with Crippen molar-refractivity contribution in [3.05, 3.63) is 88.1 Å². The SMILES string of the molecule is COC(=O)c1nc(C(=O)NC23CCC(CC2)C3)ccc1-c1cc2c(cc1C(=O)Nc1ccc(CN)cc1)-c1sccc1CCO2. The second kappa shape index (κ2) is 11.8. The van der Waals surface area contributed by atoms with E-state index < -0.39 is 5.97 Å². The maximum absolute atomic E-state index is 14.0. The Morgan fingerprint density at radius 2 is 1.82 bits per heavy atom. The summed E-state index contributed by atoms with van der Waals surface area (Å²) < 4.78 is 11.3. The van der Waals surface area contributed by atoms with Crippen LogP contribution in [-0.2, 0) is 17.7 Å². The van der Waals surface area contributed by atoms with E-state index in [1.54, 1.807) is 41.7 Å². The van der Waals surface area contributed by atoms with Gasteiger partial charge in [-0.1, -0.05) is 12.1 Å². The third kappa shape index (κ3) is 5.49. The lowest BCUT2D eigenvalue weighted by atomic mass is 9.93. The molecule has 9 nitrogen and oxygen atoms in total. The topological polar surface area (TPSA) is 133 Å². The van der Waals surface area contributed by atoms with E-state index in [1.165, 1.54) is 7.11 Å². The van der Waals surface area contributed by atoms with Crippen LogP contribution in [0, 0.1) is 5.92 Å².